The molecular formula is C16H13N5O2. The number of rotatable bonds is 4. The van der Waals surface area contributed by atoms with Crippen LogP contribution in [0.25, 0.3) is 5.65 Å². The Bertz CT molecular complexity index is 1000. The molecule has 4 rings (SSSR count). The number of fused-ring (bicyclic) bond motifs is 1. The lowest BCUT2D eigenvalue weighted by Gasteiger charge is -1.95. The van der Waals surface area contributed by atoms with Crippen molar-refractivity contribution in [1.82, 2.24) is 24.4 Å². The molecule has 114 valence electrons. The van der Waals surface area contributed by atoms with E-state index in [1.807, 2.05) is 36.4 Å². The molecule has 0 saturated heterocycles. The monoisotopic (exact) mass is 307 g/mol. The Morgan fingerprint density at radius 2 is 1.74 bits per heavy atom. The van der Waals surface area contributed by atoms with E-state index in [-0.39, 0.29) is 12.2 Å². The van der Waals surface area contributed by atoms with E-state index in [9.17, 15) is 4.79 Å². The van der Waals surface area contributed by atoms with Crippen LogP contribution in [0.3, 0.4) is 0 Å². The molecule has 3 aromatic heterocycles. The average molecular weight is 307 g/mol. The first-order valence-electron chi connectivity index (χ1n) is 7.19. The maximum absolute atomic E-state index is 12.2. The van der Waals surface area contributed by atoms with Gasteiger partial charge in [-0.15, -0.1) is 15.3 Å². The summed E-state index contributed by atoms with van der Waals surface area (Å²) in [6, 6.07) is 15.3. The molecule has 0 amide bonds. The van der Waals surface area contributed by atoms with Gasteiger partial charge in [0.25, 0.3) is 0 Å². The average Bonchev–Trinajstić information content (AvgIpc) is 3.14. The van der Waals surface area contributed by atoms with Crippen LogP contribution >= 0.6 is 0 Å². The van der Waals surface area contributed by atoms with E-state index in [2.05, 4.69) is 15.3 Å². The molecule has 0 N–H and O–H groups in total. The van der Waals surface area contributed by atoms with E-state index in [4.69, 9.17) is 4.42 Å². The Morgan fingerprint density at radius 3 is 2.57 bits per heavy atom. The molecular weight excluding hydrogens is 294 g/mol. The van der Waals surface area contributed by atoms with Gasteiger partial charge < -0.3 is 4.42 Å². The summed E-state index contributed by atoms with van der Waals surface area (Å²) in [6.07, 6.45) is 2.24. The summed E-state index contributed by atoms with van der Waals surface area (Å²) in [5.41, 5.74) is 1.44. The van der Waals surface area contributed by atoms with Crippen LogP contribution in [0.4, 0.5) is 0 Å². The molecule has 0 radical (unpaired) electrons. The second-order valence-corrected chi connectivity index (χ2v) is 5.12. The summed E-state index contributed by atoms with van der Waals surface area (Å²) >= 11 is 0. The van der Waals surface area contributed by atoms with Gasteiger partial charge in [0.05, 0.1) is 6.42 Å². The van der Waals surface area contributed by atoms with Crippen LogP contribution in [0.15, 0.2) is 63.9 Å². The molecule has 0 aliphatic rings. The van der Waals surface area contributed by atoms with Crippen LogP contribution in [-0.4, -0.2) is 24.4 Å². The summed E-state index contributed by atoms with van der Waals surface area (Å²) < 4.78 is 8.40. The van der Waals surface area contributed by atoms with Gasteiger partial charge in [0.15, 0.2) is 5.65 Å². The Kier molecular flexibility index (Phi) is 3.23. The van der Waals surface area contributed by atoms with Crippen molar-refractivity contribution < 1.29 is 4.42 Å². The Hall–Kier alpha value is -3.22. The normalized spacial score (nSPS) is 11.1. The first kappa shape index (κ1) is 13.4. The van der Waals surface area contributed by atoms with E-state index in [0.29, 0.717) is 23.8 Å². The summed E-state index contributed by atoms with van der Waals surface area (Å²) in [4.78, 5) is 12.2. The van der Waals surface area contributed by atoms with Crippen molar-refractivity contribution in [2.45, 2.75) is 13.0 Å². The van der Waals surface area contributed by atoms with Gasteiger partial charge in [0, 0.05) is 6.20 Å². The molecule has 1 aromatic carbocycles. The smallest absolute Gasteiger partial charge is 0.350 e. The standard InChI is InChI=1S/C16H13N5O2/c22-16-20-9-5-4-8-13(20)19-21(16)11-15-18-17-14(23-15)10-12-6-2-1-3-7-12/h1-9H,10-11H2. The van der Waals surface area contributed by atoms with E-state index < -0.39 is 0 Å². The maximum Gasteiger partial charge on any atom is 0.350 e. The lowest BCUT2D eigenvalue weighted by molar-refractivity contribution is 0.433. The number of aromatic nitrogens is 5. The second-order valence-electron chi connectivity index (χ2n) is 5.12. The third-order valence-electron chi connectivity index (χ3n) is 3.48. The van der Waals surface area contributed by atoms with Crippen molar-refractivity contribution in [2.24, 2.45) is 0 Å². The highest BCUT2D eigenvalue weighted by atomic mass is 16.4. The molecule has 0 unspecified atom stereocenters. The molecule has 0 spiro atoms. The first-order valence-corrected chi connectivity index (χ1v) is 7.19. The van der Waals surface area contributed by atoms with Crippen LogP contribution in [0.1, 0.15) is 17.3 Å². The van der Waals surface area contributed by atoms with Crippen molar-refractivity contribution in [3.8, 4) is 0 Å². The summed E-state index contributed by atoms with van der Waals surface area (Å²) in [5, 5.41) is 12.3. The van der Waals surface area contributed by atoms with Crippen LogP contribution in [-0.2, 0) is 13.0 Å². The Labute approximate surface area is 130 Å². The third kappa shape index (κ3) is 2.64. The number of nitrogens with zero attached hydrogens (tertiary/aromatic N) is 5. The summed E-state index contributed by atoms with van der Waals surface area (Å²) in [6.45, 7) is 0.155. The minimum absolute atomic E-state index is 0.155. The highest BCUT2D eigenvalue weighted by molar-refractivity contribution is 5.35. The Morgan fingerprint density at radius 1 is 0.957 bits per heavy atom. The van der Waals surface area contributed by atoms with Crippen molar-refractivity contribution in [2.75, 3.05) is 0 Å². The lowest BCUT2D eigenvalue weighted by atomic mass is 10.2. The lowest BCUT2D eigenvalue weighted by Crippen LogP contribution is -2.21. The molecule has 0 atom stereocenters. The maximum atomic E-state index is 12.2. The fraction of sp³-hybridized carbons (Fsp3) is 0.125. The van der Waals surface area contributed by atoms with Crippen LogP contribution in [0.5, 0.6) is 0 Å². The van der Waals surface area contributed by atoms with Gasteiger partial charge in [-0.1, -0.05) is 36.4 Å². The molecule has 0 bridgehead atoms. The highest BCUT2D eigenvalue weighted by Gasteiger charge is 2.11. The SMILES string of the molecule is O=c1n(Cc2nnc(Cc3ccccc3)o2)nc2ccccn12. The van der Waals surface area contributed by atoms with Crippen LogP contribution in [0, 0.1) is 0 Å². The number of pyridine rings is 1. The molecule has 3 heterocycles. The zero-order valence-corrected chi connectivity index (χ0v) is 12.2. The van der Waals surface area contributed by atoms with Crippen molar-refractivity contribution in [3.05, 3.63) is 82.6 Å². The van der Waals surface area contributed by atoms with E-state index in [0.717, 1.165) is 5.56 Å². The zero-order valence-electron chi connectivity index (χ0n) is 12.2. The van der Waals surface area contributed by atoms with Gasteiger partial charge in [-0.2, -0.15) is 0 Å². The number of hydrogen-bond acceptors (Lipinski definition) is 5. The fourth-order valence-electron chi connectivity index (χ4n) is 2.39. The summed E-state index contributed by atoms with van der Waals surface area (Å²) in [7, 11) is 0. The molecule has 7 nitrogen and oxygen atoms in total. The van der Waals surface area contributed by atoms with Crippen molar-refractivity contribution in [3.63, 3.8) is 0 Å². The largest absolute Gasteiger partial charge is 0.423 e. The minimum Gasteiger partial charge on any atom is -0.423 e. The van der Waals surface area contributed by atoms with Crippen molar-refractivity contribution >= 4 is 5.65 Å². The van der Waals surface area contributed by atoms with Gasteiger partial charge in [0.1, 0.15) is 6.54 Å². The van der Waals surface area contributed by atoms with Gasteiger partial charge in [-0.3, -0.25) is 4.40 Å². The molecule has 0 fully saturated rings. The van der Waals surface area contributed by atoms with Gasteiger partial charge in [-0.25, -0.2) is 9.48 Å². The quantitative estimate of drug-likeness (QED) is 0.571. The van der Waals surface area contributed by atoms with Gasteiger partial charge in [0.2, 0.25) is 11.8 Å². The van der Waals surface area contributed by atoms with Crippen molar-refractivity contribution in [1.29, 1.82) is 0 Å². The number of hydrogen-bond donors (Lipinski definition) is 0. The fourth-order valence-corrected chi connectivity index (χ4v) is 2.39. The predicted octanol–water partition coefficient (Wildman–Crippen LogP) is 1.52. The van der Waals surface area contributed by atoms with Gasteiger partial charge in [-0.05, 0) is 17.7 Å². The topological polar surface area (TPSA) is 78.2 Å². The number of benzene rings is 1. The van der Waals surface area contributed by atoms with Crippen LogP contribution < -0.4 is 5.69 Å². The van der Waals surface area contributed by atoms with E-state index in [1.165, 1.54) is 9.08 Å². The molecule has 7 heteroatoms. The third-order valence-corrected chi connectivity index (χ3v) is 3.48. The highest BCUT2D eigenvalue weighted by Crippen LogP contribution is 2.08. The molecule has 0 aliphatic heterocycles. The molecule has 23 heavy (non-hydrogen) atoms. The predicted molar refractivity (Wildman–Crippen MR) is 82.1 cm³/mol. The summed E-state index contributed by atoms with van der Waals surface area (Å²) in [5.74, 6) is 0.879. The first-order chi connectivity index (χ1) is 11.3. The van der Waals surface area contributed by atoms with Crippen LogP contribution in [0.2, 0.25) is 0 Å². The van der Waals surface area contributed by atoms with E-state index >= 15 is 0 Å². The second kappa shape index (κ2) is 5.53. The van der Waals surface area contributed by atoms with E-state index in [1.54, 1.807) is 18.3 Å². The molecule has 0 saturated carbocycles. The minimum atomic E-state index is -0.233. The van der Waals surface area contributed by atoms with Gasteiger partial charge >= 0.3 is 5.69 Å². The zero-order chi connectivity index (χ0) is 15.6. The molecule has 4 aromatic rings. The molecule has 0 aliphatic carbocycles. The Balaban J connectivity index is 1.57.